The van der Waals surface area contributed by atoms with Gasteiger partial charge < -0.3 is 9.84 Å². The highest BCUT2D eigenvalue weighted by Crippen LogP contribution is 2.33. The van der Waals surface area contributed by atoms with E-state index in [0.717, 1.165) is 18.2 Å². The third kappa shape index (κ3) is 3.59. The van der Waals surface area contributed by atoms with Crippen LogP contribution in [0.25, 0.3) is 0 Å². The van der Waals surface area contributed by atoms with Gasteiger partial charge in [-0.15, -0.1) is 0 Å². The largest absolute Gasteiger partial charge is 0.478 e. The second kappa shape index (κ2) is 5.94. The molecule has 0 radical (unpaired) electrons. The number of carbonyl (C=O) groups is 1. The van der Waals surface area contributed by atoms with Crippen molar-refractivity contribution in [2.24, 2.45) is 0 Å². The van der Waals surface area contributed by atoms with Crippen LogP contribution in [0.5, 0.6) is 11.6 Å². The normalized spacial score (nSPS) is 10.2. The van der Waals surface area contributed by atoms with Gasteiger partial charge in [-0.25, -0.2) is 9.78 Å². The van der Waals surface area contributed by atoms with Crippen LogP contribution in [0, 0.1) is 10.1 Å². The lowest BCUT2D eigenvalue weighted by Crippen LogP contribution is -2.00. The molecule has 0 saturated carbocycles. The fraction of sp³-hybridized carbons (Fsp3) is 0. The zero-order chi connectivity index (χ0) is 15.6. The lowest BCUT2D eigenvalue weighted by Gasteiger charge is -2.07. The number of hydrogen-bond acceptors (Lipinski definition) is 5. The third-order valence-electron chi connectivity index (χ3n) is 2.35. The van der Waals surface area contributed by atoms with Crippen LogP contribution in [0.4, 0.5) is 5.69 Å². The average Bonchev–Trinajstić information content (AvgIpc) is 2.40. The number of nitro benzene ring substituents is 1. The number of nitro groups is 1. The zero-order valence-corrected chi connectivity index (χ0v) is 11.6. The number of rotatable bonds is 4. The number of aromatic carboxylic acids is 1. The highest BCUT2D eigenvalue weighted by atomic mass is 35.5. The van der Waals surface area contributed by atoms with E-state index in [9.17, 15) is 14.9 Å². The van der Waals surface area contributed by atoms with Gasteiger partial charge in [-0.1, -0.05) is 23.2 Å². The molecule has 2 aromatic rings. The Kier molecular flexibility index (Phi) is 4.25. The summed E-state index contributed by atoms with van der Waals surface area (Å²) >= 11 is 11.4. The number of halogens is 2. The van der Waals surface area contributed by atoms with Crippen LogP contribution in [0.3, 0.4) is 0 Å². The fourth-order valence-corrected chi connectivity index (χ4v) is 1.85. The molecule has 0 bridgehead atoms. The Morgan fingerprint density at radius 1 is 1.29 bits per heavy atom. The predicted octanol–water partition coefficient (Wildman–Crippen LogP) is 3.79. The average molecular weight is 329 g/mol. The van der Waals surface area contributed by atoms with E-state index < -0.39 is 10.9 Å². The highest BCUT2D eigenvalue weighted by Gasteiger charge is 2.18. The number of benzene rings is 1. The van der Waals surface area contributed by atoms with Crippen molar-refractivity contribution in [2.45, 2.75) is 0 Å². The fourth-order valence-electron chi connectivity index (χ4n) is 1.48. The van der Waals surface area contributed by atoms with Gasteiger partial charge in [0.05, 0.1) is 10.5 Å². The van der Waals surface area contributed by atoms with Gasteiger partial charge in [0.1, 0.15) is 5.15 Å². The van der Waals surface area contributed by atoms with E-state index in [1.807, 2.05) is 0 Å². The molecule has 0 atom stereocenters. The minimum absolute atomic E-state index is 0.110. The smallest absolute Gasteiger partial charge is 0.335 e. The number of pyridine rings is 1. The van der Waals surface area contributed by atoms with E-state index >= 15 is 0 Å². The van der Waals surface area contributed by atoms with Gasteiger partial charge in [-0.05, 0) is 18.2 Å². The van der Waals surface area contributed by atoms with Gasteiger partial charge >= 0.3 is 11.7 Å². The van der Waals surface area contributed by atoms with Crippen LogP contribution >= 0.6 is 23.2 Å². The minimum Gasteiger partial charge on any atom is -0.478 e. The summed E-state index contributed by atoms with van der Waals surface area (Å²) in [6, 6.07) is 6.02. The quantitative estimate of drug-likeness (QED) is 0.520. The molecule has 1 N–H and O–H groups in total. The summed E-state index contributed by atoms with van der Waals surface area (Å²) in [5.41, 5.74) is -0.525. The van der Waals surface area contributed by atoms with Crippen LogP contribution in [-0.2, 0) is 0 Å². The molecule has 21 heavy (non-hydrogen) atoms. The van der Waals surface area contributed by atoms with Gasteiger partial charge in [0.25, 0.3) is 0 Å². The van der Waals surface area contributed by atoms with Crippen molar-refractivity contribution < 1.29 is 19.6 Å². The summed E-state index contributed by atoms with van der Waals surface area (Å²) in [6.45, 7) is 0. The molecule has 9 heteroatoms. The molecule has 0 unspecified atom stereocenters. The van der Waals surface area contributed by atoms with E-state index in [-0.39, 0.29) is 33.1 Å². The molecule has 0 aliphatic rings. The Morgan fingerprint density at radius 2 is 2.00 bits per heavy atom. The Hall–Kier alpha value is -2.38. The molecule has 0 saturated heterocycles. The summed E-state index contributed by atoms with van der Waals surface area (Å²) in [5, 5.41) is 19.9. The molecule has 1 aromatic heterocycles. The molecule has 0 aliphatic carbocycles. The molecule has 0 fully saturated rings. The second-order valence-corrected chi connectivity index (χ2v) is 4.62. The molecule has 7 nitrogen and oxygen atoms in total. The molecule has 1 aromatic carbocycles. The third-order valence-corrected chi connectivity index (χ3v) is 2.78. The SMILES string of the molecule is O=C(O)c1cc(Cl)nc(Oc2ccc(Cl)cc2[N+](=O)[O-])c1. The van der Waals surface area contributed by atoms with Gasteiger partial charge in [0.15, 0.2) is 0 Å². The monoisotopic (exact) mass is 328 g/mol. The molecule has 108 valence electrons. The zero-order valence-electron chi connectivity index (χ0n) is 10.1. The van der Waals surface area contributed by atoms with Crippen molar-refractivity contribution in [1.29, 1.82) is 0 Å². The van der Waals surface area contributed by atoms with Gasteiger partial charge in [0, 0.05) is 17.2 Å². The number of ether oxygens (including phenoxy) is 1. The topological polar surface area (TPSA) is 103 Å². The first-order valence-electron chi connectivity index (χ1n) is 5.39. The van der Waals surface area contributed by atoms with E-state index in [1.165, 1.54) is 12.1 Å². The maximum absolute atomic E-state index is 10.9. The van der Waals surface area contributed by atoms with E-state index in [0.29, 0.717) is 0 Å². The predicted molar refractivity (Wildman–Crippen MR) is 74.4 cm³/mol. The molecule has 2 rings (SSSR count). The Balaban J connectivity index is 2.43. The van der Waals surface area contributed by atoms with Crippen molar-refractivity contribution in [2.75, 3.05) is 0 Å². The molecule has 0 spiro atoms. The minimum atomic E-state index is -1.23. The molecule has 1 heterocycles. The first-order valence-corrected chi connectivity index (χ1v) is 6.15. The Labute approximate surface area is 127 Å². The van der Waals surface area contributed by atoms with Crippen LogP contribution in [-0.4, -0.2) is 21.0 Å². The Morgan fingerprint density at radius 3 is 2.62 bits per heavy atom. The van der Waals surface area contributed by atoms with Crippen LogP contribution in [0.2, 0.25) is 10.2 Å². The summed E-state index contributed by atoms with van der Waals surface area (Å²) in [5.74, 6) is -1.53. The standard InChI is InChI=1S/C12H6Cl2N2O5/c13-7-1-2-9(8(5-7)16(19)20)21-11-4-6(12(17)18)3-10(14)15-11/h1-5H,(H,17,18). The van der Waals surface area contributed by atoms with Gasteiger partial charge in [0.2, 0.25) is 11.6 Å². The number of carboxylic acid groups (broad SMARTS) is 1. The second-order valence-electron chi connectivity index (χ2n) is 3.79. The lowest BCUT2D eigenvalue weighted by atomic mass is 10.2. The van der Waals surface area contributed by atoms with Crippen molar-refractivity contribution in [1.82, 2.24) is 4.98 Å². The van der Waals surface area contributed by atoms with E-state index in [4.69, 9.17) is 33.0 Å². The van der Waals surface area contributed by atoms with Crippen molar-refractivity contribution in [3.05, 3.63) is 56.2 Å². The number of aromatic nitrogens is 1. The van der Waals surface area contributed by atoms with Crippen molar-refractivity contribution >= 4 is 34.9 Å². The molecular weight excluding hydrogens is 323 g/mol. The number of hydrogen-bond donors (Lipinski definition) is 1. The van der Waals surface area contributed by atoms with Gasteiger partial charge in [-0.2, -0.15) is 0 Å². The summed E-state index contributed by atoms with van der Waals surface area (Å²) in [4.78, 5) is 24.9. The molecule has 0 aliphatic heterocycles. The summed E-state index contributed by atoms with van der Waals surface area (Å²) in [7, 11) is 0. The highest BCUT2D eigenvalue weighted by molar-refractivity contribution is 6.30. The molecular formula is C12H6Cl2N2O5. The summed E-state index contributed by atoms with van der Waals surface area (Å²) in [6.07, 6.45) is 0. The molecule has 0 amide bonds. The van der Waals surface area contributed by atoms with Crippen LogP contribution in [0.1, 0.15) is 10.4 Å². The van der Waals surface area contributed by atoms with Crippen molar-refractivity contribution in [3.8, 4) is 11.6 Å². The van der Waals surface area contributed by atoms with Gasteiger partial charge in [-0.3, -0.25) is 10.1 Å². The number of carboxylic acids is 1. The maximum atomic E-state index is 10.9. The van der Waals surface area contributed by atoms with Crippen LogP contribution in [0.15, 0.2) is 30.3 Å². The van der Waals surface area contributed by atoms with Crippen molar-refractivity contribution in [3.63, 3.8) is 0 Å². The first-order chi connectivity index (χ1) is 9.86. The lowest BCUT2D eigenvalue weighted by molar-refractivity contribution is -0.385. The number of nitrogens with zero attached hydrogens (tertiary/aromatic N) is 2. The van der Waals surface area contributed by atoms with E-state index in [2.05, 4.69) is 4.98 Å². The van der Waals surface area contributed by atoms with E-state index in [1.54, 1.807) is 0 Å². The maximum Gasteiger partial charge on any atom is 0.335 e. The Bertz CT molecular complexity index is 736. The first kappa shape index (κ1) is 15.0. The summed E-state index contributed by atoms with van der Waals surface area (Å²) < 4.78 is 5.24. The van der Waals surface area contributed by atoms with Crippen LogP contribution < -0.4 is 4.74 Å².